The van der Waals surface area contributed by atoms with Crippen molar-refractivity contribution in [1.29, 1.82) is 0 Å². The van der Waals surface area contributed by atoms with Crippen LogP contribution in [0.5, 0.6) is 0 Å². The normalized spacial score (nSPS) is 13.2. The van der Waals surface area contributed by atoms with E-state index in [2.05, 4.69) is 29.0 Å². The molecule has 0 saturated heterocycles. The van der Waals surface area contributed by atoms with Crippen molar-refractivity contribution in [3.63, 3.8) is 0 Å². The smallest absolute Gasteiger partial charge is 0.244 e. The summed E-state index contributed by atoms with van der Waals surface area (Å²) >= 11 is 0. The molecule has 0 aliphatic carbocycles. The van der Waals surface area contributed by atoms with Gasteiger partial charge in [0, 0.05) is 18.9 Å². The Morgan fingerprint density at radius 2 is 2.15 bits per heavy atom. The lowest BCUT2D eigenvalue weighted by Gasteiger charge is -2.16. The first kappa shape index (κ1) is 16.9. The Morgan fingerprint density at radius 1 is 1.40 bits per heavy atom. The van der Waals surface area contributed by atoms with Crippen LogP contribution in [0.25, 0.3) is 0 Å². The molecular weight excluding hydrogens is 276 g/mol. The summed E-state index contributed by atoms with van der Waals surface area (Å²) in [6, 6.07) is 1.53. The van der Waals surface area contributed by atoms with Crippen LogP contribution in [0.15, 0.2) is 23.4 Å². The zero-order chi connectivity index (χ0) is 15.0. The zero-order valence-corrected chi connectivity index (χ0v) is 12.9. The summed E-state index contributed by atoms with van der Waals surface area (Å²) in [4.78, 5) is 3.92. The summed E-state index contributed by atoms with van der Waals surface area (Å²) in [5.41, 5.74) is 2.72. The third-order valence-electron chi connectivity index (χ3n) is 3.33. The molecule has 114 valence electrons. The summed E-state index contributed by atoms with van der Waals surface area (Å²) in [5.74, 6) is 5.68. The van der Waals surface area contributed by atoms with Crippen LogP contribution in [0.3, 0.4) is 0 Å². The maximum absolute atomic E-state index is 12.3. The molecule has 4 N–H and O–H groups in total. The Labute approximate surface area is 121 Å². The topological polar surface area (TPSA) is 97.1 Å². The van der Waals surface area contributed by atoms with Crippen molar-refractivity contribution in [3.05, 3.63) is 18.5 Å². The molecule has 7 heteroatoms. The van der Waals surface area contributed by atoms with Crippen LogP contribution in [0, 0.1) is 5.92 Å². The molecule has 0 aliphatic heterocycles. The molecule has 0 aromatic carbocycles. The number of nitrogens with zero attached hydrogens (tertiary/aromatic N) is 1. The van der Waals surface area contributed by atoms with Gasteiger partial charge in [0.25, 0.3) is 0 Å². The van der Waals surface area contributed by atoms with Gasteiger partial charge in [0.15, 0.2) is 0 Å². The fraction of sp³-hybridized carbons (Fsp3) is 0.615. The van der Waals surface area contributed by atoms with Crippen molar-refractivity contribution in [2.24, 2.45) is 11.8 Å². The molecule has 0 aliphatic rings. The van der Waals surface area contributed by atoms with Crippen LogP contribution >= 0.6 is 0 Å². The van der Waals surface area contributed by atoms with Crippen molar-refractivity contribution in [3.8, 4) is 0 Å². The summed E-state index contributed by atoms with van der Waals surface area (Å²) in [6.45, 7) is 4.65. The van der Waals surface area contributed by atoms with Gasteiger partial charge in [-0.15, -0.1) is 0 Å². The van der Waals surface area contributed by atoms with Gasteiger partial charge >= 0.3 is 0 Å². The van der Waals surface area contributed by atoms with Crippen molar-refractivity contribution >= 4 is 15.7 Å². The van der Waals surface area contributed by atoms with Gasteiger partial charge in [-0.1, -0.05) is 33.1 Å². The van der Waals surface area contributed by atoms with Crippen LogP contribution in [-0.2, 0) is 10.0 Å². The predicted molar refractivity (Wildman–Crippen MR) is 80.5 cm³/mol. The highest BCUT2D eigenvalue weighted by Crippen LogP contribution is 2.19. The average molecular weight is 300 g/mol. The highest BCUT2D eigenvalue weighted by Gasteiger charge is 2.19. The van der Waals surface area contributed by atoms with E-state index >= 15 is 0 Å². The number of pyridine rings is 1. The predicted octanol–water partition coefficient (Wildman–Crippen LogP) is 1.86. The van der Waals surface area contributed by atoms with E-state index in [1.165, 1.54) is 18.5 Å². The lowest BCUT2D eigenvalue weighted by atomic mass is 10.00. The van der Waals surface area contributed by atoms with Gasteiger partial charge in [-0.2, -0.15) is 0 Å². The highest BCUT2D eigenvalue weighted by molar-refractivity contribution is 7.89. The van der Waals surface area contributed by atoms with E-state index in [4.69, 9.17) is 5.84 Å². The lowest BCUT2D eigenvalue weighted by Crippen LogP contribution is -2.30. The van der Waals surface area contributed by atoms with Gasteiger partial charge in [0.05, 0.1) is 5.69 Å². The minimum absolute atomic E-state index is 0.0767. The highest BCUT2D eigenvalue weighted by atomic mass is 32.2. The molecule has 1 atom stereocenters. The number of anilines is 1. The minimum atomic E-state index is -3.59. The molecule has 0 amide bonds. The standard InChI is InChI=1S/C13H24N4O2S/c1-3-5-6-11(4-2)9-16-20(18,19)13-10-15-8-7-12(13)17-14/h7-8,10-11,16H,3-6,9,14H2,1-2H3,(H,15,17). The molecule has 20 heavy (non-hydrogen) atoms. The minimum Gasteiger partial charge on any atom is -0.323 e. The maximum atomic E-state index is 12.3. The first-order valence-corrected chi connectivity index (χ1v) is 8.43. The van der Waals surface area contributed by atoms with Crippen molar-refractivity contribution in [2.45, 2.75) is 44.4 Å². The lowest BCUT2D eigenvalue weighted by molar-refractivity contribution is 0.444. The van der Waals surface area contributed by atoms with Gasteiger partial charge < -0.3 is 5.43 Å². The number of hydrogen-bond acceptors (Lipinski definition) is 5. The van der Waals surface area contributed by atoms with Gasteiger partial charge in [-0.25, -0.2) is 13.1 Å². The van der Waals surface area contributed by atoms with Crippen LogP contribution in [-0.4, -0.2) is 19.9 Å². The number of unbranched alkanes of at least 4 members (excludes halogenated alkanes) is 1. The largest absolute Gasteiger partial charge is 0.323 e. The fourth-order valence-corrected chi connectivity index (χ4v) is 3.19. The van der Waals surface area contributed by atoms with Gasteiger partial charge in [0.2, 0.25) is 10.0 Å². The van der Waals surface area contributed by atoms with Crippen molar-refractivity contribution in [2.75, 3.05) is 12.0 Å². The molecular formula is C13H24N4O2S. The van der Waals surface area contributed by atoms with Crippen LogP contribution in [0.4, 0.5) is 5.69 Å². The second-order valence-electron chi connectivity index (χ2n) is 4.78. The molecule has 1 aromatic rings. The first-order chi connectivity index (χ1) is 9.55. The number of nitrogens with one attached hydrogen (secondary N) is 2. The van der Waals surface area contributed by atoms with E-state index in [9.17, 15) is 8.42 Å². The molecule has 6 nitrogen and oxygen atoms in total. The summed E-state index contributed by atoms with van der Waals surface area (Å²) in [7, 11) is -3.59. The van der Waals surface area contributed by atoms with E-state index in [0.717, 1.165) is 25.7 Å². The quantitative estimate of drug-likeness (QED) is 0.478. The zero-order valence-electron chi connectivity index (χ0n) is 12.1. The number of hydrazine groups is 1. The number of nitrogen functional groups attached to an aromatic ring is 1. The summed E-state index contributed by atoms with van der Waals surface area (Å²) in [6.07, 6.45) is 7.01. The average Bonchev–Trinajstić information content (AvgIpc) is 2.47. The number of hydrogen-bond donors (Lipinski definition) is 3. The van der Waals surface area contributed by atoms with E-state index in [-0.39, 0.29) is 4.90 Å². The molecule has 0 fully saturated rings. The maximum Gasteiger partial charge on any atom is 0.244 e. The van der Waals surface area contributed by atoms with Gasteiger partial charge in [0.1, 0.15) is 4.90 Å². The monoisotopic (exact) mass is 300 g/mol. The molecule has 1 aromatic heterocycles. The Hall–Kier alpha value is -1.18. The Balaban J connectivity index is 2.74. The first-order valence-electron chi connectivity index (χ1n) is 6.95. The Morgan fingerprint density at radius 3 is 2.75 bits per heavy atom. The van der Waals surface area contributed by atoms with E-state index in [1.54, 1.807) is 0 Å². The summed E-state index contributed by atoms with van der Waals surface area (Å²) in [5, 5.41) is 0. The van der Waals surface area contributed by atoms with E-state index in [1.807, 2.05) is 0 Å². The molecule has 0 spiro atoms. The second kappa shape index (κ2) is 8.18. The molecule has 0 radical (unpaired) electrons. The van der Waals surface area contributed by atoms with E-state index in [0.29, 0.717) is 18.2 Å². The van der Waals surface area contributed by atoms with Crippen molar-refractivity contribution < 1.29 is 8.42 Å². The number of rotatable bonds is 9. The van der Waals surface area contributed by atoms with Crippen LogP contribution < -0.4 is 16.0 Å². The molecule has 1 heterocycles. The number of nitrogens with two attached hydrogens (primary N) is 1. The molecule has 1 unspecified atom stereocenters. The van der Waals surface area contributed by atoms with E-state index < -0.39 is 10.0 Å². The number of sulfonamides is 1. The Kier molecular flexibility index (Phi) is 6.90. The number of aromatic nitrogens is 1. The fourth-order valence-electron chi connectivity index (χ4n) is 1.96. The van der Waals surface area contributed by atoms with Gasteiger partial charge in [-0.05, 0) is 18.4 Å². The van der Waals surface area contributed by atoms with Crippen molar-refractivity contribution in [1.82, 2.24) is 9.71 Å². The third-order valence-corrected chi connectivity index (χ3v) is 4.79. The second-order valence-corrected chi connectivity index (χ2v) is 6.52. The summed E-state index contributed by atoms with van der Waals surface area (Å²) < 4.78 is 27.2. The Bertz CT molecular complexity index is 505. The SMILES string of the molecule is CCCCC(CC)CNS(=O)(=O)c1cnccc1NN. The van der Waals surface area contributed by atoms with Crippen LogP contribution in [0.2, 0.25) is 0 Å². The van der Waals surface area contributed by atoms with Gasteiger partial charge in [-0.3, -0.25) is 10.8 Å². The third kappa shape index (κ3) is 4.73. The van der Waals surface area contributed by atoms with Crippen LogP contribution in [0.1, 0.15) is 39.5 Å². The molecule has 0 saturated carbocycles. The molecule has 0 bridgehead atoms. The molecule has 1 rings (SSSR count).